The van der Waals surface area contributed by atoms with Crippen molar-refractivity contribution in [3.8, 4) is 22.6 Å². The number of rotatable bonds is 5. The predicted molar refractivity (Wildman–Crippen MR) is 200 cm³/mol. The van der Waals surface area contributed by atoms with Crippen LogP contribution in [0.5, 0.6) is 11.5 Å². The minimum absolute atomic E-state index is 0.0551. The molecule has 5 heterocycles. The van der Waals surface area contributed by atoms with E-state index in [0.29, 0.717) is 12.1 Å². The quantitative estimate of drug-likeness (QED) is 0.268. The first-order valence-corrected chi connectivity index (χ1v) is 19.3. The molecule has 0 radical (unpaired) electrons. The normalized spacial score (nSPS) is 25.0. The number of nitrogens with zero attached hydrogens (tertiary/aromatic N) is 5. The van der Waals surface area contributed by atoms with Crippen LogP contribution in [0.25, 0.3) is 11.1 Å². The van der Waals surface area contributed by atoms with Crippen molar-refractivity contribution >= 4 is 18.4 Å². The van der Waals surface area contributed by atoms with Crippen LogP contribution < -0.4 is 9.47 Å². The third-order valence-corrected chi connectivity index (χ3v) is 12.0. The summed E-state index contributed by atoms with van der Waals surface area (Å²) < 4.78 is 19.6. The summed E-state index contributed by atoms with van der Waals surface area (Å²) in [6, 6.07) is 17.9. The standard InChI is InChI=1S/C43H53N5O2/c1-29-23-32-27-47-37-16-8-9-17-38(37)48-28-33-26-34(42(3,4)5)25-30(2)39(33)49-43(47,48)50-40(32)36(24-29)35-15-7-6-13-31(35)14-10-19-45-21-12-22-46-20-11-18-44-41(45)46/h6-7,13,15,23-28,37-38H,8-12,14,16-22H2,1-5H3/q+2. The number of fused-ring (bicyclic) bond motifs is 6. The van der Waals surface area contributed by atoms with E-state index in [-0.39, 0.29) is 5.41 Å². The Labute approximate surface area is 297 Å². The van der Waals surface area contributed by atoms with Crippen LogP contribution in [-0.4, -0.2) is 88.2 Å². The minimum atomic E-state index is -1.05. The summed E-state index contributed by atoms with van der Waals surface area (Å²) in [5.74, 6) is 3.09. The molecule has 0 aromatic heterocycles. The van der Waals surface area contributed by atoms with Crippen molar-refractivity contribution in [2.24, 2.45) is 4.99 Å². The molecule has 3 aromatic rings. The van der Waals surface area contributed by atoms with Crippen molar-refractivity contribution < 1.29 is 18.6 Å². The van der Waals surface area contributed by atoms with Crippen molar-refractivity contribution in [3.05, 3.63) is 81.9 Å². The van der Waals surface area contributed by atoms with Gasteiger partial charge in [0.1, 0.15) is 0 Å². The third-order valence-electron chi connectivity index (χ3n) is 12.0. The fourth-order valence-corrected chi connectivity index (χ4v) is 9.50. The lowest BCUT2D eigenvalue weighted by molar-refractivity contribution is -0.865. The van der Waals surface area contributed by atoms with E-state index in [0.717, 1.165) is 92.2 Å². The molecule has 0 bridgehead atoms. The zero-order valence-corrected chi connectivity index (χ0v) is 30.7. The highest BCUT2D eigenvalue weighted by atomic mass is 16.7. The second kappa shape index (κ2) is 12.0. The number of aryl methyl sites for hydroxylation is 3. The van der Waals surface area contributed by atoms with Gasteiger partial charge in [-0.25, -0.2) is 0 Å². The largest absolute Gasteiger partial charge is 0.704 e. The molecule has 0 N–H and O–H groups in total. The lowest BCUT2D eigenvalue weighted by Gasteiger charge is -2.41. The maximum Gasteiger partial charge on any atom is 0.704 e. The fourth-order valence-electron chi connectivity index (χ4n) is 9.50. The Kier molecular flexibility index (Phi) is 7.63. The molecule has 1 aliphatic carbocycles. The maximum atomic E-state index is 7.44. The molecular weight excluding hydrogens is 619 g/mol. The summed E-state index contributed by atoms with van der Waals surface area (Å²) in [7, 11) is 0. The Morgan fingerprint density at radius 3 is 2.32 bits per heavy atom. The number of benzene rings is 3. The van der Waals surface area contributed by atoms with Crippen LogP contribution in [0, 0.1) is 13.8 Å². The van der Waals surface area contributed by atoms with Gasteiger partial charge in [-0.1, -0.05) is 60.3 Å². The Morgan fingerprint density at radius 2 is 1.54 bits per heavy atom. The number of ether oxygens (including phenoxy) is 2. The molecule has 3 atom stereocenters. The lowest BCUT2D eigenvalue weighted by atomic mass is 9.84. The Bertz CT molecular complexity index is 1950. The highest BCUT2D eigenvalue weighted by Crippen LogP contribution is 2.48. The Balaban J connectivity index is 1.09. The van der Waals surface area contributed by atoms with Gasteiger partial charge in [0.25, 0.3) is 0 Å². The molecule has 2 saturated heterocycles. The Morgan fingerprint density at radius 1 is 0.820 bits per heavy atom. The van der Waals surface area contributed by atoms with E-state index in [1.165, 1.54) is 53.9 Å². The molecule has 9 rings (SSSR count). The van der Waals surface area contributed by atoms with E-state index >= 15 is 0 Å². The number of guanidine groups is 1. The predicted octanol–water partition coefficient (Wildman–Crippen LogP) is 7.25. The smallest absolute Gasteiger partial charge is 0.343 e. The van der Waals surface area contributed by atoms with Gasteiger partial charge in [-0.2, -0.15) is 0 Å². The summed E-state index contributed by atoms with van der Waals surface area (Å²) in [4.78, 5) is 9.95. The topological polar surface area (TPSA) is 43.3 Å². The zero-order valence-electron chi connectivity index (χ0n) is 30.7. The van der Waals surface area contributed by atoms with E-state index in [1.807, 2.05) is 0 Å². The molecule has 3 unspecified atom stereocenters. The monoisotopic (exact) mass is 671 g/mol. The van der Waals surface area contributed by atoms with Crippen LogP contribution >= 0.6 is 0 Å². The van der Waals surface area contributed by atoms with Crippen LogP contribution in [0.15, 0.2) is 53.5 Å². The number of hydrogen-bond donors (Lipinski definition) is 0. The molecule has 6 aliphatic rings. The van der Waals surface area contributed by atoms with E-state index in [2.05, 4.69) is 115 Å². The first-order valence-electron chi connectivity index (χ1n) is 19.3. The van der Waals surface area contributed by atoms with Gasteiger partial charge in [-0.05, 0) is 104 Å². The molecule has 1 spiro atoms. The van der Waals surface area contributed by atoms with E-state index < -0.39 is 6.03 Å². The lowest BCUT2D eigenvalue weighted by Crippen LogP contribution is -2.60. The van der Waals surface area contributed by atoms with E-state index in [4.69, 9.17) is 14.5 Å². The van der Waals surface area contributed by atoms with Gasteiger partial charge >= 0.3 is 6.03 Å². The third kappa shape index (κ3) is 5.17. The summed E-state index contributed by atoms with van der Waals surface area (Å²) >= 11 is 0. The summed E-state index contributed by atoms with van der Waals surface area (Å²) in [6.07, 6.45) is 14.0. The Hall–Kier alpha value is -4.13. The molecule has 3 fully saturated rings. The first-order chi connectivity index (χ1) is 24.2. The van der Waals surface area contributed by atoms with Gasteiger partial charge in [0.2, 0.25) is 12.1 Å². The van der Waals surface area contributed by atoms with Crippen molar-refractivity contribution in [2.45, 2.75) is 110 Å². The average molecular weight is 672 g/mol. The van der Waals surface area contributed by atoms with Crippen molar-refractivity contribution in [1.82, 2.24) is 9.80 Å². The van der Waals surface area contributed by atoms with Gasteiger partial charge in [-0.3, -0.25) is 4.99 Å². The van der Waals surface area contributed by atoms with E-state index in [9.17, 15) is 0 Å². The van der Waals surface area contributed by atoms with Crippen LogP contribution in [0.2, 0.25) is 0 Å². The average Bonchev–Trinajstić information content (AvgIpc) is 3.38. The van der Waals surface area contributed by atoms with Crippen LogP contribution in [0.1, 0.15) is 99.1 Å². The fraction of sp³-hybridized carbons (Fsp3) is 0.512. The molecule has 3 aromatic carbocycles. The molecule has 5 aliphatic heterocycles. The number of aliphatic imine (C=N–C) groups is 1. The van der Waals surface area contributed by atoms with Crippen LogP contribution in [0.3, 0.4) is 0 Å². The number of hydrogen-bond acceptors (Lipinski definition) is 5. The molecule has 7 heteroatoms. The molecule has 50 heavy (non-hydrogen) atoms. The van der Waals surface area contributed by atoms with Crippen molar-refractivity contribution in [2.75, 3.05) is 32.7 Å². The zero-order chi connectivity index (χ0) is 34.2. The van der Waals surface area contributed by atoms with Crippen molar-refractivity contribution in [1.29, 1.82) is 0 Å². The van der Waals surface area contributed by atoms with Crippen LogP contribution in [-0.2, 0) is 11.8 Å². The summed E-state index contributed by atoms with van der Waals surface area (Å²) in [5.41, 5.74) is 9.88. The molecular formula is C43H53N5O2+2. The summed E-state index contributed by atoms with van der Waals surface area (Å²) in [5, 5.41) is 0. The van der Waals surface area contributed by atoms with Gasteiger partial charge < -0.3 is 19.3 Å². The SMILES string of the molecule is Cc1cc2c(c(-c3ccccc3CCCN3CCCN4CCCN=C43)c1)OC13Oc4c(C)cc(C(C)(C)C)cc4C=[N+]1C1CCCCC1[N+]3=C2. The van der Waals surface area contributed by atoms with Gasteiger partial charge in [0, 0.05) is 51.1 Å². The molecule has 7 nitrogen and oxygen atoms in total. The van der Waals surface area contributed by atoms with Crippen LogP contribution in [0.4, 0.5) is 0 Å². The van der Waals surface area contributed by atoms with E-state index in [1.54, 1.807) is 0 Å². The van der Waals surface area contributed by atoms with Gasteiger partial charge in [-0.15, -0.1) is 0 Å². The highest BCUT2D eigenvalue weighted by Gasteiger charge is 2.76. The minimum Gasteiger partial charge on any atom is -0.343 e. The molecule has 0 amide bonds. The van der Waals surface area contributed by atoms with Crippen molar-refractivity contribution in [3.63, 3.8) is 0 Å². The second-order valence-corrected chi connectivity index (χ2v) is 16.6. The van der Waals surface area contributed by atoms with Gasteiger partial charge in [0.05, 0.1) is 11.1 Å². The second-order valence-electron chi connectivity index (χ2n) is 16.6. The first kappa shape index (κ1) is 31.8. The highest BCUT2D eigenvalue weighted by molar-refractivity contribution is 5.89. The molecule has 260 valence electrons. The van der Waals surface area contributed by atoms with Gasteiger partial charge in [0.15, 0.2) is 29.9 Å². The summed E-state index contributed by atoms with van der Waals surface area (Å²) in [6.45, 7) is 16.7. The maximum absolute atomic E-state index is 7.44. The molecule has 1 saturated carbocycles.